The van der Waals surface area contributed by atoms with Gasteiger partial charge in [0, 0.05) is 19.7 Å². The highest BCUT2D eigenvalue weighted by Crippen LogP contribution is 2.06. The maximum Gasteiger partial charge on any atom is 0.222 e. The highest BCUT2D eigenvalue weighted by atomic mass is 16.5. The molecule has 0 spiro atoms. The largest absolute Gasteiger partial charge is 0.619 e. The van der Waals surface area contributed by atoms with Crippen molar-refractivity contribution < 1.29 is 9.47 Å². The first-order chi connectivity index (χ1) is 7.72. The Morgan fingerprint density at radius 1 is 1.56 bits per heavy atom. The van der Waals surface area contributed by atoms with E-state index in [-0.39, 0.29) is 0 Å². The highest BCUT2D eigenvalue weighted by Gasteiger charge is 1.98. The Bertz CT molecular complexity index is 333. The van der Waals surface area contributed by atoms with Crippen molar-refractivity contribution in [1.29, 1.82) is 0 Å². The SMILES string of the molecule is CN(CCCCOc1ccc[n+]([O-])c1)N=O. The lowest BCUT2D eigenvalue weighted by Gasteiger charge is -2.08. The molecule has 0 N–H and O–H groups in total. The van der Waals surface area contributed by atoms with Crippen LogP contribution in [-0.4, -0.2) is 25.2 Å². The van der Waals surface area contributed by atoms with Crippen molar-refractivity contribution in [3.05, 3.63) is 34.6 Å². The normalized spacial score (nSPS) is 9.81. The molecule has 0 aliphatic carbocycles. The van der Waals surface area contributed by atoms with Crippen LogP contribution in [0.3, 0.4) is 0 Å². The highest BCUT2D eigenvalue weighted by molar-refractivity contribution is 5.12. The zero-order chi connectivity index (χ0) is 11.8. The molecule has 6 heteroatoms. The number of aromatic nitrogens is 1. The molecule has 0 bridgehead atoms. The van der Waals surface area contributed by atoms with Gasteiger partial charge in [-0.1, -0.05) is 0 Å². The van der Waals surface area contributed by atoms with E-state index in [1.165, 1.54) is 17.4 Å². The topological polar surface area (TPSA) is 68.8 Å². The van der Waals surface area contributed by atoms with E-state index in [4.69, 9.17) is 4.74 Å². The number of hydrogen-bond acceptors (Lipinski definition) is 4. The lowest BCUT2D eigenvalue weighted by atomic mass is 10.3. The molecule has 0 aromatic carbocycles. The van der Waals surface area contributed by atoms with Gasteiger partial charge in [-0.3, -0.25) is 5.01 Å². The fraction of sp³-hybridized carbons (Fsp3) is 0.500. The predicted octanol–water partition coefficient (Wildman–Crippen LogP) is 1.09. The molecular formula is C10H15N3O3. The van der Waals surface area contributed by atoms with Crippen LogP contribution in [0.4, 0.5) is 0 Å². The summed E-state index contributed by atoms with van der Waals surface area (Å²) in [5, 5.41) is 15.0. The minimum atomic E-state index is 0.525. The van der Waals surface area contributed by atoms with Crippen molar-refractivity contribution in [3.63, 3.8) is 0 Å². The van der Waals surface area contributed by atoms with Gasteiger partial charge in [0.15, 0.2) is 11.9 Å². The van der Waals surface area contributed by atoms with E-state index in [1.807, 2.05) is 0 Å². The maximum atomic E-state index is 10.9. The maximum absolute atomic E-state index is 10.9. The van der Waals surface area contributed by atoms with Gasteiger partial charge in [0.1, 0.15) is 0 Å². The number of nitroso groups, excluding NO2 is 1. The van der Waals surface area contributed by atoms with Gasteiger partial charge < -0.3 is 9.94 Å². The second kappa shape index (κ2) is 6.60. The van der Waals surface area contributed by atoms with Crippen molar-refractivity contribution in [1.82, 2.24) is 5.01 Å². The Morgan fingerprint density at radius 2 is 2.38 bits per heavy atom. The van der Waals surface area contributed by atoms with E-state index in [0.717, 1.165) is 12.8 Å². The number of rotatable bonds is 7. The molecule has 1 heterocycles. The molecule has 88 valence electrons. The number of ether oxygens (including phenoxy) is 1. The van der Waals surface area contributed by atoms with Gasteiger partial charge in [-0.15, -0.1) is 4.91 Å². The molecule has 0 amide bonds. The summed E-state index contributed by atoms with van der Waals surface area (Å²) >= 11 is 0. The van der Waals surface area contributed by atoms with E-state index < -0.39 is 0 Å². The van der Waals surface area contributed by atoms with Crippen LogP contribution in [-0.2, 0) is 0 Å². The number of nitrogens with zero attached hydrogens (tertiary/aromatic N) is 3. The quantitative estimate of drug-likeness (QED) is 0.229. The van der Waals surface area contributed by atoms with Gasteiger partial charge in [0.25, 0.3) is 0 Å². The summed E-state index contributed by atoms with van der Waals surface area (Å²) in [6.45, 7) is 1.14. The van der Waals surface area contributed by atoms with Crippen molar-refractivity contribution in [2.75, 3.05) is 20.2 Å². The summed E-state index contributed by atoms with van der Waals surface area (Å²) in [4.78, 5) is 10.0. The monoisotopic (exact) mass is 225 g/mol. The number of pyridine rings is 1. The minimum absolute atomic E-state index is 0.525. The first-order valence-electron chi connectivity index (χ1n) is 5.08. The number of hydrogen-bond donors (Lipinski definition) is 0. The molecule has 0 aliphatic rings. The van der Waals surface area contributed by atoms with Crippen LogP contribution in [0.1, 0.15) is 12.8 Å². The van der Waals surface area contributed by atoms with Crippen molar-refractivity contribution in [2.24, 2.45) is 5.29 Å². The molecule has 0 saturated heterocycles. The van der Waals surface area contributed by atoms with Crippen LogP contribution >= 0.6 is 0 Å². The molecule has 16 heavy (non-hydrogen) atoms. The fourth-order valence-electron chi connectivity index (χ4n) is 1.19. The first-order valence-corrected chi connectivity index (χ1v) is 5.08. The zero-order valence-corrected chi connectivity index (χ0v) is 9.20. The fourth-order valence-corrected chi connectivity index (χ4v) is 1.19. The summed E-state index contributed by atoms with van der Waals surface area (Å²) < 4.78 is 6.05. The van der Waals surface area contributed by atoms with Crippen LogP contribution in [0, 0.1) is 10.1 Å². The summed E-state index contributed by atoms with van der Waals surface area (Å²) in [6, 6.07) is 3.36. The summed E-state index contributed by atoms with van der Waals surface area (Å²) in [5.74, 6) is 0.555. The molecule has 0 atom stereocenters. The van der Waals surface area contributed by atoms with Crippen molar-refractivity contribution in [3.8, 4) is 5.75 Å². The van der Waals surface area contributed by atoms with Crippen molar-refractivity contribution in [2.45, 2.75) is 12.8 Å². The predicted molar refractivity (Wildman–Crippen MR) is 58.6 cm³/mol. The molecule has 0 fully saturated rings. The average molecular weight is 225 g/mol. The average Bonchev–Trinajstić information content (AvgIpc) is 2.28. The van der Waals surface area contributed by atoms with Crippen molar-refractivity contribution >= 4 is 0 Å². The van der Waals surface area contributed by atoms with E-state index in [2.05, 4.69) is 5.29 Å². The van der Waals surface area contributed by atoms with Crippen LogP contribution in [0.15, 0.2) is 29.8 Å². The Labute approximate surface area is 94.0 Å². The molecule has 0 saturated carbocycles. The van der Waals surface area contributed by atoms with E-state index in [0.29, 0.717) is 23.6 Å². The molecule has 0 unspecified atom stereocenters. The molecule has 1 aromatic heterocycles. The summed E-state index contributed by atoms with van der Waals surface area (Å²) in [6.07, 6.45) is 4.41. The Kier molecular flexibility index (Phi) is 5.04. The van der Waals surface area contributed by atoms with Gasteiger partial charge in [0.2, 0.25) is 6.20 Å². The van der Waals surface area contributed by atoms with Gasteiger partial charge >= 0.3 is 0 Å². The standard InChI is InChI=1S/C10H15N3O3/c1-12(11-14)6-2-3-8-16-10-5-4-7-13(15)9-10/h4-5,7,9H,2-3,6,8H2,1H3. The molecular weight excluding hydrogens is 210 g/mol. The van der Waals surface area contributed by atoms with E-state index >= 15 is 0 Å². The number of unbranched alkanes of at least 4 members (excludes halogenated alkanes) is 1. The third kappa shape index (κ3) is 4.59. The minimum Gasteiger partial charge on any atom is -0.619 e. The summed E-state index contributed by atoms with van der Waals surface area (Å²) in [5.41, 5.74) is 0. The zero-order valence-electron chi connectivity index (χ0n) is 9.20. The van der Waals surface area contributed by atoms with E-state index in [1.54, 1.807) is 19.2 Å². The van der Waals surface area contributed by atoms with Crippen LogP contribution in [0.2, 0.25) is 0 Å². The van der Waals surface area contributed by atoms with Gasteiger partial charge in [-0.25, -0.2) is 0 Å². The Morgan fingerprint density at radius 3 is 3.06 bits per heavy atom. The van der Waals surface area contributed by atoms with Gasteiger partial charge in [0.05, 0.1) is 11.9 Å². The third-order valence-electron chi connectivity index (χ3n) is 2.03. The third-order valence-corrected chi connectivity index (χ3v) is 2.03. The summed E-state index contributed by atoms with van der Waals surface area (Å²) in [7, 11) is 1.63. The van der Waals surface area contributed by atoms with Crippen LogP contribution < -0.4 is 9.47 Å². The smallest absolute Gasteiger partial charge is 0.222 e. The second-order valence-electron chi connectivity index (χ2n) is 3.42. The Balaban J connectivity index is 2.14. The molecule has 0 aliphatic heterocycles. The first kappa shape index (κ1) is 12.2. The van der Waals surface area contributed by atoms with Crippen LogP contribution in [0.5, 0.6) is 5.75 Å². The molecule has 6 nitrogen and oxygen atoms in total. The lowest BCUT2D eigenvalue weighted by Crippen LogP contribution is -2.24. The van der Waals surface area contributed by atoms with E-state index in [9.17, 15) is 10.1 Å². The second-order valence-corrected chi connectivity index (χ2v) is 3.42. The van der Waals surface area contributed by atoms with Gasteiger partial charge in [-0.2, -0.15) is 4.73 Å². The lowest BCUT2D eigenvalue weighted by molar-refractivity contribution is -0.605. The van der Waals surface area contributed by atoms with Gasteiger partial charge in [-0.05, 0) is 18.9 Å². The Hall–Kier alpha value is -1.85. The molecule has 1 aromatic rings. The molecule has 1 rings (SSSR count). The van der Waals surface area contributed by atoms with Crippen LogP contribution in [0.25, 0.3) is 0 Å². The molecule has 0 radical (unpaired) electrons.